The van der Waals surface area contributed by atoms with Crippen molar-refractivity contribution in [3.63, 3.8) is 0 Å². The summed E-state index contributed by atoms with van der Waals surface area (Å²) >= 11 is 0. The summed E-state index contributed by atoms with van der Waals surface area (Å²) in [5.74, 6) is 6.79. The molecule has 2 heteroatoms. The molecule has 0 unspecified atom stereocenters. The highest BCUT2D eigenvalue weighted by atomic mass is 16.5. The van der Waals surface area contributed by atoms with Gasteiger partial charge in [0.25, 0.3) is 0 Å². The molecule has 2 rings (SSSR count). The second-order valence-electron chi connectivity index (χ2n) is 4.12. The number of rotatable bonds is 3. The van der Waals surface area contributed by atoms with Crippen LogP contribution in [0, 0.1) is 11.8 Å². The average Bonchev–Trinajstić information content (AvgIpc) is 2.36. The molecule has 0 fully saturated rings. The maximum absolute atomic E-state index is 11.7. The molecule has 0 N–H and O–H groups in total. The maximum Gasteiger partial charge on any atom is 0.163 e. The van der Waals surface area contributed by atoms with Crippen molar-refractivity contribution in [2.45, 2.75) is 32.6 Å². The summed E-state index contributed by atoms with van der Waals surface area (Å²) in [4.78, 5) is 11.7. The van der Waals surface area contributed by atoms with Gasteiger partial charge in [-0.05, 0) is 37.5 Å². The van der Waals surface area contributed by atoms with Gasteiger partial charge in [0.15, 0.2) is 5.78 Å². The summed E-state index contributed by atoms with van der Waals surface area (Å²) in [7, 11) is 0. The van der Waals surface area contributed by atoms with Gasteiger partial charge in [0.2, 0.25) is 0 Å². The molecule has 0 bridgehead atoms. The lowest BCUT2D eigenvalue weighted by Gasteiger charge is -2.15. The number of fused-ring (bicyclic) bond motifs is 1. The van der Waals surface area contributed by atoms with E-state index >= 15 is 0 Å². The Morgan fingerprint density at radius 3 is 3.06 bits per heavy atom. The highest BCUT2D eigenvalue weighted by Crippen LogP contribution is 2.25. The van der Waals surface area contributed by atoms with Crippen molar-refractivity contribution < 1.29 is 9.53 Å². The van der Waals surface area contributed by atoms with Crippen LogP contribution in [0.15, 0.2) is 18.2 Å². The van der Waals surface area contributed by atoms with E-state index in [9.17, 15) is 4.79 Å². The number of aryl methyl sites for hydroxylation is 1. The SMILES string of the molecule is CC#CCCOc1ccc2c(c1)C(=O)CCC2. The minimum atomic E-state index is 0.241. The smallest absolute Gasteiger partial charge is 0.163 e. The molecule has 88 valence electrons. The summed E-state index contributed by atoms with van der Waals surface area (Å²) in [6.07, 6.45) is 3.36. The topological polar surface area (TPSA) is 26.3 Å². The zero-order valence-corrected chi connectivity index (χ0v) is 10.1. The molecule has 1 aromatic rings. The van der Waals surface area contributed by atoms with Crippen molar-refractivity contribution in [3.8, 4) is 17.6 Å². The Morgan fingerprint density at radius 2 is 2.24 bits per heavy atom. The number of Topliss-reactive ketones (excluding diaryl/α,β-unsaturated/α-hetero) is 1. The fraction of sp³-hybridized carbons (Fsp3) is 0.400. The van der Waals surface area contributed by atoms with E-state index in [2.05, 4.69) is 11.8 Å². The van der Waals surface area contributed by atoms with E-state index in [4.69, 9.17) is 4.74 Å². The largest absolute Gasteiger partial charge is 0.493 e. The Morgan fingerprint density at radius 1 is 1.35 bits per heavy atom. The lowest BCUT2D eigenvalue weighted by Crippen LogP contribution is -2.11. The van der Waals surface area contributed by atoms with Crippen molar-refractivity contribution >= 4 is 5.78 Å². The standard InChI is InChI=1S/C15H16O2/c1-2-3-4-10-17-13-9-8-12-6-5-7-15(16)14(12)11-13/h8-9,11H,4-7,10H2,1H3. The highest BCUT2D eigenvalue weighted by molar-refractivity contribution is 5.98. The van der Waals surface area contributed by atoms with Crippen molar-refractivity contribution in [2.75, 3.05) is 6.61 Å². The third-order valence-electron chi connectivity index (χ3n) is 2.90. The summed E-state index contributed by atoms with van der Waals surface area (Å²) < 4.78 is 5.57. The average molecular weight is 228 g/mol. The van der Waals surface area contributed by atoms with Gasteiger partial charge in [0.1, 0.15) is 5.75 Å². The molecule has 0 spiro atoms. The van der Waals surface area contributed by atoms with Gasteiger partial charge in [-0.15, -0.1) is 11.8 Å². The molecule has 0 saturated heterocycles. The first-order valence-electron chi connectivity index (χ1n) is 6.00. The molecule has 0 aromatic heterocycles. The third kappa shape index (κ3) is 2.88. The number of hydrogen-bond donors (Lipinski definition) is 0. The van der Waals surface area contributed by atoms with Gasteiger partial charge in [0.05, 0.1) is 6.61 Å². The first-order valence-corrected chi connectivity index (χ1v) is 6.00. The molecular weight excluding hydrogens is 212 g/mol. The van der Waals surface area contributed by atoms with Crippen molar-refractivity contribution in [3.05, 3.63) is 29.3 Å². The van der Waals surface area contributed by atoms with Crippen LogP contribution in [-0.2, 0) is 6.42 Å². The van der Waals surface area contributed by atoms with Gasteiger partial charge in [-0.25, -0.2) is 0 Å². The number of ketones is 1. The first kappa shape index (κ1) is 11.7. The Hall–Kier alpha value is -1.75. The lowest BCUT2D eigenvalue weighted by molar-refractivity contribution is 0.0972. The van der Waals surface area contributed by atoms with Crippen LogP contribution in [0.25, 0.3) is 0 Å². The molecule has 0 heterocycles. The molecule has 17 heavy (non-hydrogen) atoms. The summed E-state index contributed by atoms with van der Waals surface area (Å²) in [6, 6.07) is 5.82. The molecule has 0 aliphatic heterocycles. The van der Waals surface area contributed by atoms with E-state index in [1.807, 2.05) is 25.1 Å². The fourth-order valence-electron chi connectivity index (χ4n) is 2.04. The Bertz CT molecular complexity index is 477. The Balaban J connectivity index is 2.06. The van der Waals surface area contributed by atoms with E-state index in [-0.39, 0.29) is 5.78 Å². The fourth-order valence-corrected chi connectivity index (χ4v) is 2.04. The van der Waals surface area contributed by atoms with Crippen LogP contribution in [-0.4, -0.2) is 12.4 Å². The highest BCUT2D eigenvalue weighted by Gasteiger charge is 2.17. The number of carbonyl (C=O) groups excluding carboxylic acids is 1. The van der Waals surface area contributed by atoms with Crippen LogP contribution >= 0.6 is 0 Å². The lowest BCUT2D eigenvalue weighted by atomic mass is 9.90. The van der Waals surface area contributed by atoms with E-state index < -0.39 is 0 Å². The quantitative estimate of drug-likeness (QED) is 0.587. The molecule has 2 nitrogen and oxygen atoms in total. The van der Waals surface area contributed by atoms with Crippen molar-refractivity contribution in [1.29, 1.82) is 0 Å². The Labute approximate surface area is 102 Å². The second kappa shape index (κ2) is 5.54. The van der Waals surface area contributed by atoms with E-state index in [0.717, 1.165) is 36.1 Å². The van der Waals surface area contributed by atoms with Crippen LogP contribution in [0.4, 0.5) is 0 Å². The molecule has 1 aromatic carbocycles. The Kier molecular flexibility index (Phi) is 3.82. The van der Waals surface area contributed by atoms with Crippen LogP contribution in [0.5, 0.6) is 5.75 Å². The number of carbonyl (C=O) groups is 1. The van der Waals surface area contributed by atoms with Gasteiger partial charge in [-0.1, -0.05) is 6.07 Å². The second-order valence-corrected chi connectivity index (χ2v) is 4.12. The predicted octanol–water partition coefficient (Wildman–Crippen LogP) is 3.00. The number of benzene rings is 1. The zero-order valence-electron chi connectivity index (χ0n) is 10.1. The van der Waals surface area contributed by atoms with Crippen LogP contribution in [0.1, 0.15) is 42.1 Å². The summed E-state index contributed by atoms with van der Waals surface area (Å²) in [5, 5.41) is 0. The molecule has 0 saturated carbocycles. The van der Waals surface area contributed by atoms with E-state index in [0.29, 0.717) is 13.0 Å². The normalized spacial score (nSPS) is 13.6. The van der Waals surface area contributed by atoms with Gasteiger partial charge >= 0.3 is 0 Å². The minimum absolute atomic E-state index is 0.241. The van der Waals surface area contributed by atoms with Crippen LogP contribution < -0.4 is 4.74 Å². The van der Waals surface area contributed by atoms with Crippen molar-refractivity contribution in [2.24, 2.45) is 0 Å². The summed E-state index contributed by atoms with van der Waals surface area (Å²) in [6.45, 7) is 2.39. The molecule has 0 atom stereocenters. The molecular formula is C15H16O2. The number of ether oxygens (including phenoxy) is 1. The van der Waals surface area contributed by atoms with E-state index in [1.165, 1.54) is 0 Å². The maximum atomic E-state index is 11.7. The van der Waals surface area contributed by atoms with Crippen molar-refractivity contribution in [1.82, 2.24) is 0 Å². The summed E-state index contributed by atoms with van der Waals surface area (Å²) in [5.41, 5.74) is 2.00. The molecule has 1 aliphatic carbocycles. The zero-order chi connectivity index (χ0) is 12.1. The van der Waals surface area contributed by atoms with E-state index in [1.54, 1.807) is 0 Å². The van der Waals surface area contributed by atoms with Gasteiger partial charge in [-0.2, -0.15) is 0 Å². The van der Waals surface area contributed by atoms with Gasteiger partial charge in [0, 0.05) is 18.4 Å². The van der Waals surface area contributed by atoms with Crippen LogP contribution in [0.2, 0.25) is 0 Å². The monoisotopic (exact) mass is 228 g/mol. The van der Waals surface area contributed by atoms with Gasteiger partial charge in [-0.3, -0.25) is 4.79 Å². The molecule has 0 amide bonds. The molecule has 0 radical (unpaired) electrons. The van der Waals surface area contributed by atoms with Crippen LogP contribution in [0.3, 0.4) is 0 Å². The number of hydrogen-bond acceptors (Lipinski definition) is 2. The predicted molar refractivity (Wildman–Crippen MR) is 67.3 cm³/mol. The third-order valence-corrected chi connectivity index (χ3v) is 2.90. The van der Waals surface area contributed by atoms with Gasteiger partial charge < -0.3 is 4.74 Å². The molecule has 1 aliphatic rings. The minimum Gasteiger partial charge on any atom is -0.493 e. The first-order chi connectivity index (χ1) is 8.31.